The molecule has 0 fully saturated rings. The third-order valence-corrected chi connectivity index (χ3v) is 3.58. The Hall–Kier alpha value is -1.84. The van der Waals surface area contributed by atoms with Crippen LogP contribution < -0.4 is 10.6 Å². The third-order valence-electron chi connectivity index (χ3n) is 3.58. The first-order valence-electron chi connectivity index (χ1n) is 8.15. The molecular formula is C18H28N2O2. The first kappa shape index (κ1) is 18.2. The van der Waals surface area contributed by atoms with Crippen LogP contribution in [0, 0.1) is 5.92 Å². The highest BCUT2D eigenvalue weighted by Gasteiger charge is 2.23. The molecule has 0 aliphatic rings. The van der Waals surface area contributed by atoms with Crippen LogP contribution in [0.15, 0.2) is 30.3 Å². The Morgan fingerprint density at radius 3 is 2.36 bits per heavy atom. The first-order chi connectivity index (χ1) is 10.5. The maximum atomic E-state index is 12.3. The minimum atomic E-state index is -0.474. The third kappa shape index (κ3) is 6.74. The molecule has 0 saturated heterocycles. The molecular weight excluding hydrogens is 276 g/mol. The Balaban J connectivity index is 2.47. The summed E-state index contributed by atoms with van der Waals surface area (Å²) < 4.78 is 0. The van der Waals surface area contributed by atoms with Gasteiger partial charge in [0.25, 0.3) is 0 Å². The van der Waals surface area contributed by atoms with Crippen LogP contribution >= 0.6 is 0 Å². The summed E-state index contributed by atoms with van der Waals surface area (Å²) in [7, 11) is 0. The average Bonchev–Trinajstić information content (AvgIpc) is 2.51. The first-order valence-corrected chi connectivity index (χ1v) is 8.15. The topological polar surface area (TPSA) is 58.2 Å². The van der Waals surface area contributed by atoms with Crippen molar-refractivity contribution in [2.24, 2.45) is 5.92 Å². The summed E-state index contributed by atoms with van der Waals surface area (Å²) in [5, 5.41) is 5.76. The highest BCUT2D eigenvalue weighted by molar-refractivity contribution is 5.87. The Kier molecular flexibility index (Phi) is 8.26. The predicted molar refractivity (Wildman–Crippen MR) is 89.2 cm³/mol. The van der Waals surface area contributed by atoms with E-state index in [4.69, 9.17) is 0 Å². The van der Waals surface area contributed by atoms with Gasteiger partial charge in [-0.2, -0.15) is 0 Å². The van der Waals surface area contributed by atoms with Gasteiger partial charge in [-0.05, 0) is 17.9 Å². The zero-order valence-corrected chi connectivity index (χ0v) is 13.9. The van der Waals surface area contributed by atoms with Crippen LogP contribution in [-0.2, 0) is 16.1 Å². The molecule has 122 valence electrons. The van der Waals surface area contributed by atoms with Crippen molar-refractivity contribution in [3.63, 3.8) is 0 Å². The van der Waals surface area contributed by atoms with E-state index in [0.29, 0.717) is 13.0 Å². The van der Waals surface area contributed by atoms with E-state index in [9.17, 15) is 9.59 Å². The second-order valence-corrected chi connectivity index (χ2v) is 5.95. The molecule has 22 heavy (non-hydrogen) atoms. The fourth-order valence-corrected chi connectivity index (χ4v) is 2.21. The van der Waals surface area contributed by atoms with E-state index < -0.39 is 6.04 Å². The number of carbonyl (C=O) groups excluding carboxylic acids is 2. The van der Waals surface area contributed by atoms with E-state index >= 15 is 0 Å². The summed E-state index contributed by atoms with van der Waals surface area (Å²) in [6.45, 7) is 6.47. The zero-order chi connectivity index (χ0) is 16.4. The van der Waals surface area contributed by atoms with Crippen molar-refractivity contribution in [1.29, 1.82) is 0 Å². The summed E-state index contributed by atoms with van der Waals surface area (Å²) in [4.78, 5) is 24.2. The van der Waals surface area contributed by atoms with Gasteiger partial charge in [0.1, 0.15) is 6.04 Å². The van der Waals surface area contributed by atoms with Crippen molar-refractivity contribution >= 4 is 11.8 Å². The van der Waals surface area contributed by atoms with Gasteiger partial charge < -0.3 is 10.6 Å². The highest BCUT2D eigenvalue weighted by Crippen LogP contribution is 2.05. The van der Waals surface area contributed by atoms with Gasteiger partial charge in [0.2, 0.25) is 11.8 Å². The zero-order valence-electron chi connectivity index (χ0n) is 13.9. The lowest BCUT2D eigenvalue weighted by Gasteiger charge is -2.21. The lowest BCUT2D eigenvalue weighted by molar-refractivity contribution is -0.130. The standard InChI is InChI=1S/C18H28N2O2/c1-4-5-7-12-16(21)20-17(14(2)3)18(22)19-13-15-10-8-6-9-11-15/h6,8-11,14,17H,4-5,7,12-13H2,1-3H3,(H,19,22)(H,20,21)/t17-/m0/s1. The van der Waals surface area contributed by atoms with Crippen molar-refractivity contribution in [1.82, 2.24) is 10.6 Å². The smallest absolute Gasteiger partial charge is 0.243 e. The molecule has 2 N–H and O–H groups in total. The van der Waals surface area contributed by atoms with Crippen molar-refractivity contribution in [3.05, 3.63) is 35.9 Å². The molecule has 1 atom stereocenters. The number of benzene rings is 1. The summed E-state index contributed by atoms with van der Waals surface area (Å²) in [6, 6.07) is 9.28. The summed E-state index contributed by atoms with van der Waals surface area (Å²) in [6.07, 6.45) is 3.49. The quantitative estimate of drug-likeness (QED) is 0.689. The van der Waals surface area contributed by atoms with Crippen LogP contribution in [0.1, 0.15) is 52.0 Å². The van der Waals surface area contributed by atoms with Crippen LogP contribution in [0.25, 0.3) is 0 Å². The molecule has 0 unspecified atom stereocenters. The molecule has 0 aliphatic heterocycles. The van der Waals surface area contributed by atoms with Gasteiger partial charge in [-0.25, -0.2) is 0 Å². The van der Waals surface area contributed by atoms with E-state index in [-0.39, 0.29) is 17.7 Å². The normalized spacial score (nSPS) is 12.0. The molecule has 1 rings (SSSR count). The number of hydrogen-bond acceptors (Lipinski definition) is 2. The van der Waals surface area contributed by atoms with Gasteiger partial charge in [-0.15, -0.1) is 0 Å². The second-order valence-electron chi connectivity index (χ2n) is 5.95. The molecule has 0 aromatic heterocycles. The van der Waals surface area contributed by atoms with Crippen molar-refractivity contribution in [3.8, 4) is 0 Å². The fraction of sp³-hybridized carbons (Fsp3) is 0.556. The van der Waals surface area contributed by atoms with Gasteiger partial charge in [-0.1, -0.05) is 63.9 Å². The van der Waals surface area contributed by atoms with Crippen molar-refractivity contribution in [2.45, 2.75) is 59.0 Å². The van der Waals surface area contributed by atoms with Gasteiger partial charge in [-0.3, -0.25) is 9.59 Å². The van der Waals surface area contributed by atoms with Crippen LogP contribution in [0.3, 0.4) is 0 Å². The maximum Gasteiger partial charge on any atom is 0.243 e. The number of carbonyl (C=O) groups is 2. The SMILES string of the molecule is CCCCCC(=O)N[C@H](C(=O)NCc1ccccc1)C(C)C. The summed E-state index contributed by atoms with van der Waals surface area (Å²) >= 11 is 0. The largest absolute Gasteiger partial charge is 0.350 e. The van der Waals surface area contributed by atoms with Gasteiger partial charge in [0.15, 0.2) is 0 Å². The summed E-state index contributed by atoms with van der Waals surface area (Å²) in [5.41, 5.74) is 1.05. The molecule has 4 nitrogen and oxygen atoms in total. The molecule has 2 amide bonds. The van der Waals surface area contributed by atoms with Crippen LogP contribution in [-0.4, -0.2) is 17.9 Å². The van der Waals surface area contributed by atoms with Crippen LogP contribution in [0.4, 0.5) is 0 Å². The Morgan fingerprint density at radius 1 is 1.09 bits per heavy atom. The lowest BCUT2D eigenvalue weighted by atomic mass is 10.0. The van der Waals surface area contributed by atoms with E-state index in [1.807, 2.05) is 44.2 Å². The van der Waals surface area contributed by atoms with Crippen molar-refractivity contribution in [2.75, 3.05) is 0 Å². The van der Waals surface area contributed by atoms with Gasteiger partial charge in [0, 0.05) is 13.0 Å². The molecule has 0 spiro atoms. The highest BCUT2D eigenvalue weighted by atomic mass is 16.2. The lowest BCUT2D eigenvalue weighted by Crippen LogP contribution is -2.49. The number of hydrogen-bond donors (Lipinski definition) is 2. The molecule has 1 aromatic rings. The minimum absolute atomic E-state index is 0.0398. The number of unbranched alkanes of at least 4 members (excludes halogenated alkanes) is 2. The summed E-state index contributed by atoms with van der Waals surface area (Å²) in [5.74, 6) is -0.101. The molecule has 0 heterocycles. The van der Waals surface area contributed by atoms with Gasteiger partial charge in [0.05, 0.1) is 0 Å². The Labute approximate surface area is 133 Å². The molecule has 0 saturated carbocycles. The fourth-order valence-electron chi connectivity index (χ4n) is 2.21. The Morgan fingerprint density at radius 2 is 1.77 bits per heavy atom. The van der Waals surface area contributed by atoms with Crippen molar-refractivity contribution < 1.29 is 9.59 Å². The molecule has 4 heteroatoms. The van der Waals surface area contributed by atoms with E-state index in [1.54, 1.807) is 0 Å². The van der Waals surface area contributed by atoms with E-state index in [2.05, 4.69) is 17.6 Å². The number of rotatable bonds is 9. The van der Waals surface area contributed by atoms with E-state index in [0.717, 1.165) is 24.8 Å². The number of amides is 2. The monoisotopic (exact) mass is 304 g/mol. The van der Waals surface area contributed by atoms with E-state index in [1.165, 1.54) is 0 Å². The van der Waals surface area contributed by atoms with Crippen LogP contribution in [0.5, 0.6) is 0 Å². The van der Waals surface area contributed by atoms with Crippen LogP contribution in [0.2, 0.25) is 0 Å². The molecule has 1 aromatic carbocycles. The minimum Gasteiger partial charge on any atom is -0.350 e. The average molecular weight is 304 g/mol. The Bertz CT molecular complexity index is 457. The molecule has 0 aliphatic carbocycles. The predicted octanol–water partition coefficient (Wildman–Crippen LogP) is 3.02. The van der Waals surface area contributed by atoms with Gasteiger partial charge >= 0.3 is 0 Å². The molecule has 0 bridgehead atoms. The number of nitrogens with one attached hydrogen (secondary N) is 2. The maximum absolute atomic E-state index is 12.3. The molecule has 0 radical (unpaired) electrons. The second kappa shape index (κ2) is 9.98.